The van der Waals surface area contributed by atoms with Gasteiger partial charge in [-0.2, -0.15) is 8.42 Å². The average molecular weight is 264 g/mol. The molecule has 0 aromatic carbocycles. The summed E-state index contributed by atoms with van der Waals surface area (Å²) in [5.41, 5.74) is 0. The Bertz CT molecular complexity index is 352. The van der Waals surface area contributed by atoms with E-state index in [0.717, 1.165) is 25.7 Å². The Balaban J connectivity index is 2.89. The summed E-state index contributed by atoms with van der Waals surface area (Å²) in [7, 11) is -4.23. The highest BCUT2D eigenvalue weighted by atomic mass is 32.2. The minimum absolute atomic E-state index is 0.223. The minimum Gasteiger partial charge on any atom is -0.466 e. The summed E-state index contributed by atoms with van der Waals surface area (Å²) in [5, 5.41) is 0. The number of carbonyl (C=O) groups is 1. The first kappa shape index (κ1) is 14.4. The molecule has 0 heterocycles. The van der Waals surface area contributed by atoms with Gasteiger partial charge in [-0.05, 0) is 19.8 Å². The molecule has 0 aliphatic heterocycles. The third kappa shape index (κ3) is 3.67. The minimum atomic E-state index is -4.23. The Kier molecular flexibility index (Phi) is 4.94. The van der Waals surface area contributed by atoms with Gasteiger partial charge in [0, 0.05) is 0 Å². The summed E-state index contributed by atoms with van der Waals surface area (Å²) >= 11 is 0. The van der Waals surface area contributed by atoms with Crippen LogP contribution in [0.25, 0.3) is 0 Å². The van der Waals surface area contributed by atoms with Crippen LogP contribution in [0.15, 0.2) is 0 Å². The molecular weight excluding hydrogens is 244 g/mol. The molecule has 1 fully saturated rings. The van der Waals surface area contributed by atoms with E-state index in [1.54, 1.807) is 6.92 Å². The molecule has 0 aromatic rings. The first-order valence-electron chi connectivity index (χ1n) is 6.04. The van der Waals surface area contributed by atoms with Crippen molar-refractivity contribution < 1.29 is 22.5 Å². The fraction of sp³-hybridized carbons (Fsp3) is 0.909. The van der Waals surface area contributed by atoms with Crippen LogP contribution >= 0.6 is 0 Å². The zero-order valence-electron chi connectivity index (χ0n) is 10.1. The zero-order valence-corrected chi connectivity index (χ0v) is 11.0. The molecule has 0 bridgehead atoms. The van der Waals surface area contributed by atoms with Crippen molar-refractivity contribution in [2.75, 3.05) is 6.61 Å². The first-order valence-corrected chi connectivity index (χ1v) is 7.48. The fourth-order valence-electron chi connectivity index (χ4n) is 2.37. The van der Waals surface area contributed by atoms with Gasteiger partial charge in [0.25, 0.3) is 10.1 Å². The molecule has 0 aromatic heterocycles. The second kappa shape index (κ2) is 5.82. The van der Waals surface area contributed by atoms with Gasteiger partial charge in [0.2, 0.25) is 0 Å². The van der Waals surface area contributed by atoms with Crippen molar-refractivity contribution in [2.45, 2.75) is 56.6 Å². The predicted molar refractivity (Wildman–Crippen MR) is 63.2 cm³/mol. The standard InChI is InChI=1S/C11H20O5S/c1-2-16-10(12)9-11(17(13,14)15)7-5-3-4-6-8-11/h2-9H2,1H3,(H,13,14,15). The van der Waals surface area contributed by atoms with Crippen LogP contribution in [-0.4, -0.2) is 30.3 Å². The Morgan fingerprint density at radius 3 is 2.18 bits per heavy atom. The molecule has 1 rings (SSSR count). The first-order chi connectivity index (χ1) is 7.91. The maximum absolute atomic E-state index is 11.5. The molecule has 100 valence electrons. The van der Waals surface area contributed by atoms with E-state index in [0.29, 0.717) is 12.8 Å². The monoisotopic (exact) mass is 264 g/mol. The molecule has 0 spiro atoms. The normalized spacial score (nSPS) is 20.6. The molecule has 0 atom stereocenters. The van der Waals surface area contributed by atoms with Crippen molar-refractivity contribution in [1.29, 1.82) is 0 Å². The van der Waals surface area contributed by atoms with Crippen LogP contribution in [0.5, 0.6) is 0 Å². The van der Waals surface area contributed by atoms with Gasteiger partial charge in [0.15, 0.2) is 0 Å². The van der Waals surface area contributed by atoms with E-state index in [1.165, 1.54) is 0 Å². The van der Waals surface area contributed by atoms with Crippen molar-refractivity contribution in [3.8, 4) is 0 Å². The molecule has 0 radical (unpaired) electrons. The molecule has 17 heavy (non-hydrogen) atoms. The Morgan fingerprint density at radius 1 is 1.24 bits per heavy atom. The van der Waals surface area contributed by atoms with Crippen LogP contribution in [0.3, 0.4) is 0 Å². The number of rotatable bonds is 4. The molecule has 0 saturated heterocycles. The van der Waals surface area contributed by atoms with Crippen LogP contribution in [0.4, 0.5) is 0 Å². The maximum Gasteiger partial charge on any atom is 0.307 e. The summed E-state index contributed by atoms with van der Waals surface area (Å²) in [6.45, 7) is 1.89. The number of carbonyl (C=O) groups excluding carboxylic acids is 1. The molecule has 1 aliphatic carbocycles. The second-order valence-corrected chi connectivity index (χ2v) is 6.37. The third-order valence-electron chi connectivity index (χ3n) is 3.33. The van der Waals surface area contributed by atoms with E-state index in [-0.39, 0.29) is 13.0 Å². The lowest BCUT2D eigenvalue weighted by Crippen LogP contribution is -2.40. The van der Waals surface area contributed by atoms with E-state index < -0.39 is 20.8 Å². The molecule has 1 aliphatic rings. The van der Waals surface area contributed by atoms with Gasteiger partial charge < -0.3 is 4.74 Å². The molecule has 1 N–H and O–H groups in total. The van der Waals surface area contributed by atoms with Crippen molar-refractivity contribution in [1.82, 2.24) is 0 Å². The van der Waals surface area contributed by atoms with E-state index >= 15 is 0 Å². The number of hydrogen-bond donors (Lipinski definition) is 1. The van der Waals surface area contributed by atoms with Crippen molar-refractivity contribution in [2.24, 2.45) is 0 Å². The van der Waals surface area contributed by atoms with Gasteiger partial charge in [-0.25, -0.2) is 0 Å². The summed E-state index contributed by atoms with van der Waals surface area (Å²) < 4.78 is 36.0. The summed E-state index contributed by atoms with van der Waals surface area (Å²) in [6.07, 6.45) is 3.77. The van der Waals surface area contributed by atoms with E-state index in [9.17, 15) is 17.8 Å². The van der Waals surface area contributed by atoms with E-state index in [4.69, 9.17) is 4.74 Å². The van der Waals surface area contributed by atoms with Gasteiger partial charge in [0.05, 0.1) is 13.0 Å². The zero-order chi connectivity index (χ0) is 12.9. The van der Waals surface area contributed by atoms with Crippen LogP contribution < -0.4 is 0 Å². The van der Waals surface area contributed by atoms with Crippen LogP contribution in [0.2, 0.25) is 0 Å². The lowest BCUT2D eigenvalue weighted by molar-refractivity contribution is -0.144. The van der Waals surface area contributed by atoms with Crippen LogP contribution in [0.1, 0.15) is 51.9 Å². The highest BCUT2D eigenvalue weighted by molar-refractivity contribution is 7.87. The largest absolute Gasteiger partial charge is 0.466 e. The SMILES string of the molecule is CCOC(=O)CC1(S(=O)(=O)O)CCCCCC1. The van der Waals surface area contributed by atoms with Crippen molar-refractivity contribution >= 4 is 16.1 Å². The van der Waals surface area contributed by atoms with Gasteiger partial charge in [-0.3, -0.25) is 9.35 Å². The highest BCUT2D eigenvalue weighted by Crippen LogP contribution is 2.36. The van der Waals surface area contributed by atoms with Crippen molar-refractivity contribution in [3.05, 3.63) is 0 Å². The summed E-state index contributed by atoms with van der Waals surface area (Å²) in [5.74, 6) is -0.549. The molecule has 0 unspecified atom stereocenters. The summed E-state index contributed by atoms with van der Waals surface area (Å²) in [4.78, 5) is 11.5. The topological polar surface area (TPSA) is 80.7 Å². The predicted octanol–water partition coefficient (Wildman–Crippen LogP) is 1.92. The third-order valence-corrected chi connectivity index (χ3v) is 4.98. The van der Waals surface area contributed by atoms with Crippen LogP contribution in [0, 0.1) is 0 Å². The summed E-state index contributed by atoms with van der Waals surface area (Å²) in [6, 6.07) is 0. The smallest absolute Gasteiger partial charge is 0.307 e. The maximum atomic E-state index is 11.5. The molecule has 0 amide bonds. The van der Waals surface area contributed by atoms with E-state index in [2.05, 4.69) is 0 Å². The van der Waals surface area contributed by atoms with Gasteiger partial charge in [-0.1, -0.05) is 25.7 Å². The van der Waals surface area contributed by atoms with Gasteiger partial charge >= 0.3 is 5.97 Å². The quantitative estimate of drug-likeness (QED) is 0.476. The number of esters is 1. The lowest BCUT2D eigenvalue weighted by atomic mass is 9.95. The lowest BCUT2D eigenvalue weighted by Gasteiger charge is -2.28. The Hall–Kier alpha value is -0.620. The molecular formula is C11H20O5S. The highest BCUT2D eigenvalue weighted by Gasteiger charge is 2.45. The van der Waals surface area contributed by atoms with Crippen LogP contribution in [-0.2, 0) is 19.6 Å². The van der Waals surface area contributed by atoms with Crippen molar-refractivity contribution in [3.63, 3.8) is 0 Å². The second-order valence-electron chi connectivity index (χ2n) is 4.55. The number of ether oxygens (including phenoxy) is 1. The average Bonchev–Trinajstić information content (AvgIpc) is 2.43. The van der Waals surface area contributed by atoms with Gasteiger partial charge in [0.1, 0.15) is 4.75 Å². The van der Waals surface area contributed by atoms with E-state index in [1.807, 2.05) is 0 Å². The Morgan fingerprint density at radius 2 is 1.76 bits per heavy atom. The molecule has 6 heteroatoms. The Labute approximate surface area is 102 Å². The molecule has 1 saturated carbocycles. The molecule has 5 nitrogen and oxygen atoms in total. The van der Waals surface area contributed by atoms with Gasteiger partial charge in [-0.15, -0.1) is 0 Å². The number of hydrogen-bond acceptors (Lipinski definition) is 4. The fourth-order valence-corrected chi connectivity index (χ4v) is 3.48.